The van der Waals surface area contributed by atoms with Gasteiger partial charge in [0.05, 0.1) is 17.1 Å². The van der Waals surface area contributed by atoms with Crippen LogP contribution in [0.15, 0.2) is 42.5 Å². The van der Waals surface area contributed by atoms with E-state index in [4.69, 9.17) is 27.2 Å². The van der Waals surface area contributed by atoms with Gasteiger partial charge in [0.15, 0.2) is 0 Å². The summed E-state index contributed by atoms with van der Waals surface area (Å²) in [6.07, 6.45) is -2.81. The number of fused-ring (bicyclic) bond motifs is 1. The molecule has 0 bridgehead atoms. The predicted octanol–water partition coefficient (Wildman–Crippen LogP) is 4.61. The molecule has 2 atom stereocenters. The molecule has 4 rings (SSSR count). The van der Waals surface area contributed by atoms with Gasteiger partial charge in [-0.15, -0.1) is 0 Å². The van der Waals surface area contributed by atoms with Crippen LogP contribution in [0, 0.1) is 5.82 Å². The van der Waals surface area contributed by atoms with E-state index in [0.717, 1.165) is 29.7 Å². The normalized spacial score (nSPS) is 16.6. The predicted molar refractivity (Wildman–Crippen MR) is 121 cm³/mol. The summed E-state index contributed by atoms with van der Waals surface area (Å²) in [5, 5.41) is 7.76. The Balaban J connectivity index is 0.000000429. The Kier molecular flexibility index (Phi) is 8.34. The fourth-order valence-electron chi connectivity index (χ4n) is 3.87. The third kappa shape index (κ3) is 6.92. The summed E-state index contributed by atoms with van der Waals surface area (Å²) in [7, 11) is 0. The molecule has 0 spiro atoms. The highest BCUT2D eigenvalue weighted by Crippen LogP contribution is 2.32. The Labute approximate surface area is 202 Å². The molecule has 4 N–H and O–H groups in total. The van der Waals surface area contributed by atoms with Crippen LogP contribution in [-0.4, -0.2) is 50.6 Å². The first-order chi connectivity index (χ1) is 16.5. The van der Waals surface area contributed by atoms with Gasteiger partial charge in [0.25, 0.3) is 0 Å². The number of hydrogen-bond acceptors (Lipinski definition) is 4. The highest BCUT2D eigenvalue weighted by Gasteiger charge is 2.38. The lowest BCUT2D eigenvalue weighted by atomic mass is 10.0. The maximum absolute atomic E-state index is 13.8. The number of nitrogens with one attached hydrogen (secondary N) is 1. The topological polar surface area (TPSA) is 112 Å². The summed E-state index contributed by atoms with van der Waals surface area (Å²) in [6.45, 7) is 0.674. The Morgan fingerprint density at radius 1 is 1.26 bits per heavy atom. The molecular formula is C23H23ClF4N4O3. The van der Waals surface area contributed by atoms with E-state index >= 15 is 0 Å². The van der Waals surface area contributed by atoms with E-state index in [2.05, 4.69) is 9.97 Å². The van der Waals surface area contributed by atoms with E-state index in [0.29, 0.717) is 23.6 Å². The van der Waals surface area contributed by atoms with Crippen LogP contribution >= 0.6 is 11.6 Å². The number of H-pyrrole nitrogens is 1. The second kappa shape index (κ2) is 11.0. The number of imidazole rings is 1. The molecule has 35 heavy (non-hydrogen) atoms. The Morgan fingerprint density at radius 2 is 1.94 bits per heavy atom. The SMILES string of the molecule is NC(CC(=O)N1CCC[C@H]1c1nc2ccc(Cl)cc2[nH]1)Cc1ccccc1F.O=C(O)C(F)(F)F. The molecule has 2 aromatic carbocycles. The highest BCUT2D eigenvalue weighted by atomic mass is 35.5. The highest BCUT2D eigenvalue weighted by molar-refractivity contribution is 6.31. The zero-order chi connectivity index (χ0) is 25.8. The van der Waals surface area contributed by atoms with Crippen LogP contribution in [0.3, 0.4) is 0 Å². The molecule has 1 amide bonds. The van der Waals surface area contributed by atoms with Gasteiger partial charge in [-0.3, -0.25) is 4.79 Å². The van der Waals surface area contributed by atoms with Gasteiger partial charge >= 0.3 is 12.1 Å². The molecular weight excluding hydrogens is 492 g/mol. The number of benzene rings is 2. The van der Waals surface area contributed by atoms with Crippen molar-refractivity contribution in [3.63, 3.8) is 0 Å². The number of halogens is 5. The van der Waals surface area contributed by atoms with Crippen LogP contribution in [0.5, 0.6) is 0 Å². The van der Waals surface area contributed by atoms with Crippen molar-refractivity contribution in [1.82, 2.24) is 14.9 Å². The number of carbonyl (C=O) groups is 2. The van der Waals surface area contributed by atoms with Crippen LogP contribution < -0.4 is 5.73 Å². The molecule has 0 saturated carbocycles. The first-order valence-electron chi connectivity index (χ1n) is 10.7. The van der Waals surface area contributed by atoms with Crippen molar-refractivity contribution in [2.75, 3.05) is 6.54 Å². The van der Waals surface area contributed by atoms with Crippen molar-refractivity contribution in [2.45, 2.75) is 43.9 Å². The Bertz CT molecular complexity index is 1200. The first-order valence-corrected chi connectivity index (χ1v) is 11.1. The fraction of sp³-hybridized carbons (Fsp3) is 0.348. The molecule has 12 heteroatoms. The zero-order valence-corrected chi connectivity index (χ0v) is 19.1. The molecule has 1 unspecified atom stereocenters. The van der Waals surface area contributed by atoms with Gasteiger partial charge in [-0.05, 0) is 49.1 Å². The quantitative estimate of drug-likeness (QED) is 0.430. The van der Waals surface area contributed by atoms with Gasteiger partial charge in [0, 0.05) is 24.0 Å². The number of hydrogen-bond donors (Lipinski definition) is 3. The number of nitrogens with zero attached hydrogens (tertiary/aromatic N) is 2. The number of carboxylic acid groups (broad SMARTS) is 1. The number of amides is 1. The van der Waals surface area contributed by atoms with E-state index in [-0.39, 0.29) is 24.2 Å². The number of carbonyl (C=O) groups excluding carboxylic acids is 1. The summed E-state index contributed by atoms with van der Waals surface area (Å²) >= 11 is 6.05. The van der Waals surface area contributed by atoms with E-state index in [1.165, 1.54) is 6.07 Å². The summed E-state index contributed by atoms with van der Waals surface area (Å²) in [6, 6.07) is 11.5. The van der Waals surface area contributed by atoms with Gasteiger partial charge in [-0.2, -0.15) is 13.2 Å². The third-order valence-electron chi connectivity index (χ3n) is 5.47. The number of aromatic nitrogens is 2. The minimum Gasteiger partial charge on any atom is -0.475 e. The van der Waals surface area contributed by atoms with Crippen molar-refractivity contribution in [1.29, 1.82) is 0 Å². The Morgan fingerprint density at radius 3 is 2.60 bits per heavy atom. The molecule has 0 radical (unpaired) electrons. The molecule has 0 aliphatic carbocycles. The number of rotatable bonds is 5. The van der Waals surface area contributed by atoms with E-state index in [1.807, 2.05) is 17.0 Å². The second-order valence-corrected chi connectivity index (χ2v) is 8.53. The molecule has 1 aliphatic rings. The standard InChI is InChI=1S/C21H22ClFN4O.C2HF3O2/c22-14-7-8-17-18(11-14)26-21(25-17)19-6-3-9-27(19)20(28)12-15(24)10-13-4-1-2-5-16(13)23;3-2(4,5)1(6)7/h1-2,4-5,7-8,11,15,19H,3,6,9-10,12,24H2,(H,25,26);(H,6,7)/t15?,19-;/m0./s1. The van der Waals surface area contributed by atoms with Crippen molar-refractivity contribution in [3.05, 3.63) is 64.7 Å². The average Bonchev–Trinajstić information content (AvgIpc) is 3.41. The number of alkyl halides is 3. The van der Waals surface area contributed by atoms with Crippen LogP contribution in [0.1, 0.15) is 36.7 Å². The lowest BCUT2D eigenvalue weighted by molar-refractivity contribution is -0.192. The minimum absolute atomic E-state index is 0.0233. The molecule has 1 aromatic heterocycles. The summed E-state index contributed by atoms with van der Waals surface area (Å²) in [5.74, 6) is -2.30. The molecule has 1 aliphatic heterocycles. The van der Waals surface area contributed by atoms with Crippen molar-refractivity contribution >= 4 is 34.5 Å². The molecule has 3 aromatic rings. The summed E-state index contributed by atoms with van der Waals surface area (Å²) < 4.78 is 45.6. The van der Waals surface area contributed by atoms with Crippen molar-refractivity contribution < 1.29 is 32.3 Å². The van der Waals surface area contributed by atoms with Gasteiger partial charge in [0.2, 0.25) is 5.91 Å². The summed E-state index contributed by atoms with van der Waals surface area (Å²) in [4.78, 5) is 31.5. The third-order valence-corrected chi connectivity index (χ3v) is 5.71. The number of nitrogens with two attached hydrogens (primary N) is 1. The van der Waals surface area contributed by atoms with Crippen LogP contribution in [0.2, 0.25) is 5.02 Å². The van der Waals surface area contributed by atoms with E-state index in [1.54, 1.807) is 24.3 Å². The first kappa shape index (κ1) is 26.4. The minimum atomic E-state index is -5.08. The van der Waals surface area contributed by atoms with Crippen LogP contribution in [0.4, 0.5) is 17.6 Å². The molecule has 1 saturated heterocycles. The lowest BCUT2D eigenvalue weighted by Crippen LogP contribution is -2.36. The van der Waals surface area contributed by atoms with E-state index in [9.17, 15) is 22.4 Å². The van der Waals surface area contributed by atoms with Gasteiger partial charge in [0.1, 0.15) is 11.6 Å². The maximum atomic E-state index is 13.8. The smallest absolute Gasteiger partial charge is 0.475 e. The number of aliphatic carboxylic acids is 1. The number of likely N-dealkylation sites (tertiary alicyclic amines) is 1. The average molecular weight is 515 g/mol. The zero-order valence-electron chi connectivity index (χ0n) is 18.4. The molecule has 1 fully saturated rings. The monoisotopic (exact) mass is 514 g/mol. The largest absolute Gasteiger partial charge is 0.490 e. The van der Waals surface area contributed by atoms with E-state index < -0.39 is 18.2 Å². The maximum Gasteiger partial charge on any atom is 0.490 e. The molecule has 2 heterocycles. The number of aromatic amines is 1. The molecule has 7 nitrogen and oxygen atoms in total. The van der Waals surface area contributed by atoms with Crippen molar-refractivity contribution in [3.8, 4) is 0 Å². The molecule has 188 valence electrons. The van der Waals surface area contributed by atoms with Crippen LogP contribution in [-0.2, 0) is 16.0 Å². The summed E-state index contributed by atoms with van der Waals surface area (Å²) in [5.41, 5.74) is 8.38. The second-order valence-electron chi connectivity index (χ2n) is 8.09. The lowest BCUT2D eigenvalue weighted by Gasteiger charge is -2.24. The number of carboxylic acids is 1. The van der Waals surface area contributed by atoms with Gasteiger partial charge < -0.3 is 20.7 Å². The van der Waals surface area contributed by atoms with Gasteiger partial charge in [-0.25, -0.2) is 14.2 Å². The van der Waals surface area contributed by atoms with Crippen LogP contribution in [0.25, 0.3) is 11.0 Å². The van der Waals surface area contributed by atoms with Crippen molar-refractivity contribution in [2.24, 2.45) is 5.73 Å². The van der Waals surface area contributed by atoms with Gasteiger partial charge in [-0.1, -0.05) is 29.8 Å². The fourth-order valence-corrected chi connectivity index (χ4v) is 4.04. The Hall–Kier alpha value is -3.18.